The fourth-order valence-electron chi connectivity index (χ4n) is 0.756. The van der Waals surface area contributed by atoms with Crippen molar-refractivity contribution in [2.24, 2.45) is 0 Å². The summed E-state index contributed by atoms with van der Waals surface area (Å²) in [6.45, 7) is 1.83. The monoisotopic (exact) mass is 214 g/mol. The molecule has 0 rings (SSSR count). The van der Waals surface area contributed by atoms with Gasteiger partial charge in [0.1, 0.15) is 0 Å². The number of carbonyl (C=O) groups is 1. The third kappa shape index (κ3) is 4.45. The fourth-order valence-corrected chi connectivity index (χ4v) is 0.756. The Kier molecular flexibility index (Phi) is 5.52. The van der Waals surface area contributed by atoms with Crippen molar-refractivity contribution in [2.75, 3.05) is 13.7 Å². The molecule has 0 spiro atoms. The minimum Gasteiger partial charge on any atom is -0.464 e. The minimum absolute atomic E-state index is 0.00866. The van der Waals surface area contributed by atoms with Crippen molar-refractivity contribution in [1.29, 1.82) is 0 Å². The fraction of sp³-hybridized carbons (Fsp3) is 0.875. The van der Waals surface area contributed by atoms with Gasteiger partial charge in [-0.2, -0.15) is 13.2 Å². The highest BCUT2D eigenvalue weighted by atomic mass is 19.4. The van der Waals surface area contributed by atoms with Crippen LogP contribution in [0.1, 0.15) is 19.8 Å². The molecular formula is C8H13F3O3. The largest absolute Gasteiger partial charge is 0.464 e. The van der Waals surface area contributed by atoms with Gasteiger partial charge in [-0.3, -0.25) is 0 Å². The van der Waals surface area contributed by atoms with E-state index < -0.39 is 18.2 Å². The molecule has 0 amide bonds. The molecule has 0 aliphatic rings. The Balaban J connectivity index is 4.06. The van der Waals surface area contributed by atoms with Crippen LogP contribution in [0.15, 0.2) is 0 Å². The van der Waals surface area contributed by atoms with Gasteiger partial charge < -0.3 is 9.47 Å². The summed E-state index contributed by atoms with van der Waals surface area (Å²) in [6, 6.07) is 0. The average molecular weight is 214 g/mol. The number of hydrogen-bond acceptors (Lipinski definition) is 3. The number of carbonyl (C=O) groups excluding carboxylic acids is 1. The molecule has 0 bridgehead atoms. The molecule has 14 heavy (non-hydrogen) atoms. The Labute approximate surface area is 80.2 Å². The molecule has 3 nitrogen and oxygen atoms in total. The molecule has 0 aromatic heterocycles. The minimum atomic E-state index is -4.71. The average Bonchev–Trinajstić information content (AvgIpc) is 2.03. The zero-order chi connectivity index (χ0) is 11.2. The summed E-state index contributed by atoms with van der Waals surface area (Å²) in [5, 5.41) is 0. The number of rotatable bonds is 5. The lowest BCUT2D eigenvalue weighted by Crippen LogP contribution is -2.39. The first kappa shape index (κ1) is 13.2. The standard InChI is InChI=1S/C8H13F3O3/c1-3-4-5-14-7(12)6(13-2)8(9,10)11/h6H,3-5H2,1-2H3. The van der Waals surface area contributed by atoms with E-state index >= 15 is 0 Å². The van der Waals surface area contributed by atoms with Crippen LogP contribution in [0.3, 0.4) is 0 Å². The van der Waals surface area contributed by atoms with E-state index in [4.69, 9.17) is 0 Å². The summed E-state index contributed by atoms with van der Waals surface area (Å²) in [6.07, 6.45) is -5.89. The van der Waals surface area contributed by atoms with Gasteiger partial charge in [-0.05, 0) is 6.42 Å². The van der Waals surface area contributed by atoms with Gasteiger partial charge in [0.2, 0.25) is 0 Å². The predicted molar refractivity (Wildman–Crippen MR) is 42.7 cm³/mol. The SMILES string of the molecule is CCCCOC(=O)C(OC)C(F)(F)F. The van der Waals surface area contributed by atoms with Gasteiger partial charge in [-0.15, -0.1) is 0 Å². The Morgan fingerprint density at radius 2 is 2.00 bits per heavy atom. The molecule has 6 heteroatoms. The Morgan fingerprint density at radius 3 is 2.36 bits per heavy atom. The summed E-state index contributed by atoms with van der Waals surface area (Å²) >= 11 is 0. The zero-order valence-electron chi connectivity index (χ0n) is 8.06. The summed E-state index contributed by atoms with van der Waals surface area (Å²) in [4.78, 5) is 10.8. The molecule has 1 unspecified atom stereocenters. The van der Waals surface area contributed by atoms with Crippen LogP contribution in [0.2, 0.25) is 0 Å². The number of hydrogen-bond donors (Lipinski definition) is 0. The summed E-state index contributed by atoms with van der Waals surface area (Å²) in [7, 11) is 0.819. The van der Waals surface area contributed by atoms with Crippen molar-refractivity contribution in [2.45, 2.75) is 32.0 Å². The zero-order valence-corrected chi connectivity index (χ0v) is 8.06. The van der Waals surface area contributed by atoms with E-state index in [1.807, 2.05) is 6.92 Å². The van der Waals surface area contributed by atoms with E-state index in [-0.39, 0.29) is 6.61 Å². The van der Waals surface area contributed by atoms with Crippen molar-refractivity contribution in [3.8, 4) is 0 Å². The molecule has 0 saturated carbocycles. The molecule has 0 heterocycles. The molecule has 0 radical (unpaired) electrons. The molecule has 0 fully saturated rings. The quantitative estimate of drug-likeness (QED) is 0.518. The maximum absolute atomic E-state index is 12.1. The topological polar surface area (TPSA) is 35.5 Å². The van der Waals surface area contributed by atoms with Gasteiger partial charge in [0.25, 0.3) is 6.10 Å². The number of alkyl halides is 3. The van der Waals surface area contributed by atoms with Crippen molar-refractivity contribution >= 4 is 5.97 Å². The number of ether oxygens (including phenoxy) is 2. The lowest BCUT2D eigenvalue weighted by atomic mass is 10.3. The van der Waals surface area contributed by atoms with E-state index in [1.54, 1.807) is 0 Å². The Morgan fingerprint density at radius 1 is 1.43 bits per heavy atom. The van der Waals surface area contributed by atoms with Gasteiger partial charge in [0.15, 0.2) is 0 Å². The number of unbranched alkanes of at least 4 members (excludes halogenated alkanes) is 1. The normalized spacial score (nSPS) is 13.8. The highest BCUT2D eigenvalue weighted by Crippen LogP contribution is 2.23. The van der Waals surface area contributed by atoms with E-state index in [1.165, 1.54) is 0 Å². The Hall–Kier alpha value is -0.780. The Bertz CT molecular complexity index is 179. The van der Waals surface area contributed by atoms with Crippen molar-refractivity contribution in [1.82, 2.24) is 0 Å². The second kappa shape index (κ2) is 5.85. The van der Waals surface area contributed by atoms with Gasteiger partial charge in [0.05, 0.1) is 6.61 Å². The summed E-state index contributed by atoms with van der Waals surface area (Å²) in [5.74, 6) is -1.38. The van der Waals surface area contributed by atoms with Crippen LogP contribution in [-0.4, -0.2) is 32.0 Å². The van der Waals surface area contributed by atoms with Crippen LogP contribution in [0, 0.1) is 0 Å². The van der Waals surface area contributed by atoms with Gasteiger partial charge >= 0.3 is 12.1 Å². The van der Waals surface area contributed by atoms with Crippen LogP contribution in [0.4, 0.5) is 13.2 Å². The predicted octanol–water partition coefficient (Wildman–Crippen LogP) is 1.91. The number of halogens is 3. The van der Waals surface area contributed by atoms with Crippen molar-refractivity contribution in [3.05, 3.63) is 0 Å². The first-order valence-electron chi connectivity index (χ1n) is 4.19. The van der Waals surface area contributed by atoms with Crippen molar-refractivity contribution in [3.63, 3.8) is 0 Å². The molecule has 0 aromatic rings. The van der Waals surface area contributed by atoms with Crippen LogP contribution in [-0.2, 0) is 14.3 Å². The molecule has 0 saturated heterocycles. The van der Waals surface area contributed by atoms with E-state index in [2.05, 4.69) is 9.47 Å². The molecular weight excluding hydrogens is 201 g/mol. The van der Waals surface area contributed by atoms with Gasteiger partial charge in [-0.1, -0.05) is 13.3 Å². The highest BCUT2D eigenvalue weighted by Gasteiger charge is 2.46. The third-order valence-corrected chi connectivity index (χ3v) is 1.49. The van der Waals surface area contributed by atoms with Crippen LogP contribution < -0.4 is 0 Å². The molecule has 1 atom stereocenters. The summed E-state index contributed by atoms with van der Waals surface area (Å²) < 4.78 is 44.5. The molecule has 0 aliphatic heterocycles. The van der Waals surface area contributed by atoms with E-state index in [0.29, 0.717) is 6.42 Å². The van der Waals surface area contributed by atoms with E-state index in [9.17, 15) is 18.0 Å². The van der Waals surface area contributed by atoms with Gasteiger partial charge in [0, 0.05) is 7.11 Å². The first-order valence-corrected chi connectivity index (χ1v) is 4.19. The molecule has 0 aromatic carbocycles. The number of esters is 1. The maximum atomic E-state index is 12.1. The van der Waals surface area contributed by atoms with Crippen LogP contribution >= 0.6 is 0 Å². The molecule has 0 N–H and O–H groups in total. The smallest absolute Gasteiger partial charge is 0.425 e. The third-order valence-electron chi connectivity index (χ3n) is 1.49. The first-order chi connectivity index (χ1) is 6.43. The van der Waals surface area contributed by atoms with Crippen molar-refractivity contribution < 1.29 is 27.4 Å². The second-order valence-corrected chi connectivity index (χ2v) is 2.68. The van der Waals surface area contributed by atoms with Gasteiger partial charge in [-0.25, -0.2) is 4.79 Å². The number of methoxy groups -OCH3 is 1. The lowest BCUT2D eigenvalue weighted by molar-refractivity contribution is -0.224. The van der Waals surface area contributed by atoms with E-state index in [0.717, 1.165) is 13.5 Å². The second-order valence-electron chi connectivity index (χ2n) is 2.68. The highest BCUT2D eigenvalue weighted by molar-refractivity contribution is 5.75. The lowest BCUT2D eigenvalue weighted by Gasteiger charge is -2.16. The van der Waals surface area contributed by atoms with Crippen LogP contribution in [0.5, 0.6) is 0 Å². The molecule has 84 valence electrons. The van der Waals surface area contributed by atoms with Crippen LogP contribution in [0.25, 0.3) is 0 Å². The maximum Gasteiger partial charge on any atom is 0.425 e. The summed E-state index contributed by atoms with van der Waals surface area (Å²) in [5.41, 5.74) is 0. The molecule has 0 aliphatic carbocycles.